The summed E-state index contributed by atoms with van der Waals surface area (Å²) < 4.78 is 5.01. The van der Waals surface area contributed by atoms with Gasteiger partial charge in [0.15, 0.2) is 11.6 Å². The Hall–Kier alpha value is -0.770. The van der Waals surface area contributed by atoms with E-state index in [1.165, 1.54) is 0 Å². The Bertz CT molecular complexity index is 281. The number of carbonyl (C=O) groups is 2. The molecule has 0 unspecified atom stereocenters. The second-order valence-corrected chi connectivity index (χ2v) is 3.95. The van der Waals surface area contributed by atoms with Gasteiger partial charge < -0.3 is 10.1 Å². The normalized spacial score (nSPS) is 42.0. The van der Waals surface area contributed by atoms with Gasteiger partial charge in [-0.3, -0.25) is 4.79 Å². The largest absolute Gasteiger partial charge is 0.454 e. The molecule has 5 heteroatoms. The van der Waals surface area contributed by atoms with E-state index in [-0.39, 0.29) is 17.8 Å². The van der Waals surface area contributed by atoms with Crippen LogP contribution in [0.25, 0.3) is 0 Å². The number of hydrogen-bond donors (Lipinski definition) is 1. The third-order valence-electron chi connectivity index (χ3n) is 2.82. The fourth-order valence-electron chi connectivity index (χ4n) is 2.02. The summed E-state index contributed by atoms with van der Waals surface area (Å²) in [5, 5.41) is 2.61. The second kappa shape index (κ2) is 2.61. The molecule has 0 spiro atoms. The third-order valence-corrected chi connectivity index (χ3v) is 3.04. The molecule has 2 rings (SSSR count). The number of fused-ring (bicyclic) bond motifs is 1. The summed E-state index contributed by atoms with van der Waals surface area (Å²) in [6, 6.07) is -0.451. The number of rotatable bonds is 2. The predicted molar refractivity (Wildman–Crippen MR) is 45.3 cm³/mol. The molecule has 0 aromatic rings. The summed E-state index contributed by atoms with van der Waals surface area (Å²) in [6.07, 6.45) is 0.549. The van der Waals surface area contributed by atoms with E-state index in [4.69, 9.17) is 16.3 Å². The zero-order chi connectivity index (χ0) is 9.64. The number of halogens is 1. The molecule has 3 atom stereocenters. The van der Waals surface area contributed by atoms with Gasteiger partial charge in [-0.25, -0.2) is 4.79 Å². The van der Waals surface area contributed by atoms with Crippen LogP contribution in [0, 0.1) is 5.92 Å². The van der Waals surface area contributed by atoms with Crippen molar-refractivity contribution in [3.8, 4) is 0 Å². The van der Waals surface area contributed by atoms with Gasteiger partial charge in [0.25, 0.3) is 0 Å². The molecule has 0 aromatic heterocycles. The van der Waals surface area contributed by atoms with Crippen LogP contribution in [0.5, 0.6) is 0 Å². The van der Waals surface area contributed by atoms with Gasteiger partial charge in [0, 0.05) is 5.88 Å². The zero-order valence-electron chi connectivity index (χ0n) is 7.17. The molecule has 2 saturated heterocycles. The van der Waals surface area contributed by atoms with Crippen LogP contribution in [0.4, 0.5) is 0 Å². The monoisotopic (exact) mass is 203 g/mol. The Kier molecular flexibility index (Phi) is 1.77. The number of alkyl halides is 1. The summed E-state index contributed by atoms with van der Waals surface area (Å²) in [4.78, 5) is 22.3. The second-order valence-electron chi connectivity index (χ2n) is 3.58. The Morgan fingerprint density at radius 3 is 2.77 bits per heavy atom. The molecule has 72 valence electrons. The van der Waals surface area contributed by atoms with Crippen LogP contribution in [0.3, 0.4) is 0 Å². The minimum atomic E-state index is -0.650. The Morgan fingerprint density at radius 2 is 2.31 bits per heavy atom. The van der Waals surface area contributed by atoms with E-state index in [0.717, 1.165) is 0 Å². The molecule has 0 saturated carbocycles. The van der Waals surface area contributed by atoms with Crippen molar-refractivity contribution in [2.24, 2.45) is 5.92 Å². The molecule has 2 aliphatic heterocycles. The maximum atomic E-state index is 11.4. The average molecular weight is 204 g/mol. The molecule has 0 bridgehead atoms. The lowest BCUT2D eigenvalue weighted by Gasteiger charge is -2.41. The number of esters is 1. The average Bonchev–Trinajstić information content (AvgIpc) is 2.26. The van der Waals surface area contributed by atoms with Gasteiger partial charge in [-0.15, -0.1) is 11.6 Å². The Labute approximate surface area is 80.6 Å². The first-order chi connectivity index (χ1) is 6.09. The highest BCUT2D eigenvalue weighted by molar-refractivity contribution is 6.18. The number of ether oxygens (including phenoxy) is 1. The van der Waals surface area contributed by atoms with Crippen LogP contribution < -0.4 is 5.32 Å². The molecule has 0 aliphatic carbocycles. The Balaban J connectivity index is 2.20. The van der Waals surface area contributed by atoms with Crippen LogP contribution in [-0.2, 0) is 14.3 Å². The van der Waals surface area contributed by atoms with E-state index < -0.39 is 11.6 Å². The van der Waals surface area contributed by atoms with Gasteiger partial charge in [0.05, 0.1) is 5.92 Å². The topological polar surface area (TPSA) is 55.4 Å². The minimum absolute atomic E-state index is 0.126. The quantitative estimate of drug-likeness (QED) is 0.510. The third kappa shape index (κ3) is 0.981. The lowest BCUT2D eigenvalue weighted by Crippen LogP contribution is -2.62. The maximum Gasteiger partial charge on any atom is 0.333 e. The molecular weight excluding hydrogens is 194 g/mol. The smallest absolute Gasteiger partial charge is 0.333 e. The first kappa shape index (κ1) is 8.81. The van der Waals surface area contributed by atoms with Crippen molar-refractivity contribution >= 4 is 23.5 Å². The summed E-state index contributed by atoms with van der Waals surface area (Å²) in [6.45, 7) is 1.77. The maximum absolute atomic E-state index is 11.4. The summed E-state index contributed by atoms with van der Waals surface area (Å²) >= 11 is 5.56. The van der Waals surface area contributed by atoms with E-state index in [9.17, 15) is 9.59 Å². The number of amides is 1. The van der Waals surface area contributed by atoms with Crippen molar-refractivity contribution in [1.29, 1.82) is 0 Å². The summed E-state index contributed by atoms with van der Waals surface area (Å²) in [7, 11) is 0. The highest BCUT2D eigenvalue weighted by Crippen LogP contribution is 2.41. The molecule has 0 radical (unpaired) electrons. The van der Waals surface area contributed by atoms with Crippen LogP contribution in [-0.4, -0.2) is 29.4 Å². The van der Waals surface area contributed by atoms with Gasteiger partial charge >= 0.3 is 5.97 Å². The molecule has 2 aliphatic rings. The van der Waals surface area contributed by atoms with Crippen LogP contribution in [0.15, 0.2) is 0 Å². The highest BCUT2D eigenvalue weighted by Gasteiger charge is 2.65. The van der Waals surface area contributed by atoms with Gasteiger partial charge in [0.2, 0.25) is 5.91 Å². The molecule has 0 aromatic carbocycles. The van der Waals surface area contributed by atoms with Crippen molar-refractivity contribution in [3.05, 3.63) is 0 Å². The first-order valence-electron chi connectivity index (χ1n) is 4.19. The van der Waals surface area contributed by atoms with Crippen molar-refractivity contribution in [2.75, 3.05) is 5.88 Å². The minimum Gasteiger partial charge on any atom is -0.454 e. The van der Waals surface area contributed by atoms with E-state index in [2.05, 4.69) is 5.32 Å². The van der Waals surface area contributed by atoms with Gasteiger partial charge in [-0.1, -0.05) is 0 Å². The molecule has 2 fully saturated rings. The van der Waals surface area contributed by atoms with Crippen molar-refractivity contribution < 1.29 is 14.3 Å². The van der Waals surface area contributed by atoms with Crippen LogP contribution >= 0.6 is 11.6 Å². The van der Waals surface area contributed by atoms with E-state index in [1.54, 1.807) is 6.92 Å². The van der Waals surface area contributed by atoms with Gasteiger partial charge in [-0.05, 0) is 13.3 Å². The molecule has 1 amide bonds. The van der Waals surface area contributed by atoms with E-state index >= 15 is 0 Å². The van der Waals surface area contributed by atoms with Crippen molar-refractivity contribution in [2.45, 2.75) is 25.0 Å². The first-order valence-corrected chi connectivity index (χ1v) is 4.72. The summed E-state index contributed by atoms with van der Waals surface area (Å²) in [5.74, 6) is -0.350. The number of nitrogens with one attached hydrogen (secondary N) is 1. The number of hydrogen-bond acceptors (Lipinski definition) is 3. The lowest BCUT2D eigenvalue weighted by molar-refractivity contribution is -0.198. The van der Waals surface area contributed by atoms with Gasteiger partial charge in [0.1, 0.15) is 0 Å². The lowest BCUT2D eigenvalue weighted by atomic mass is 9.81. The van der Waals surface area contributed by atoms with Crippen LogP contribution in [0.1, 0.15) is 13.3 Å². The highest BCUT2D eigenvalue weighted by atomic mass is 35.5. The zero-order valence-corrected chi connectivity index (χ0v) is 7.93. The van der Waals surface area contributed by atoms with E-state index in [0.29, 0.717) is 12.3 Å². The van der Waals surface area contributed by atoms with Crippen molar-refractivity contribution in [1.82, 2.24) is 5.32 Å². The SMILES string of the molecule is C[C@@]12OC(=O)[C@@H]1NC(=O)[C@@H]2CCCl. The van der Waals surface area contributed by atoms with Gasteiger partial charge in [-0.2, -0.15) is 0 Å². The molecule has 1 N–H and O–H groups in total. The fraction of sp³-hybridized carbons (Fsp3) is 0.750. The van der Waals surface area contributed by atoms with E-state index in [1.807, 2.05) is 0 Å². The fourth-order valence-corrected chi connectivity index (χ4v) is 2.23. The summed E-state index contributed by atoms with van der Waals surface area (Å²) in [5.41, 5.74) is -0.650. The molecule has 4 nitrogen and oxygen atoms in total. The Morgan fingerprint density at radius 1 is 1.62 bits per heavy atom. The molecular formula is C8H10ClNO3. The standard InChI is InChI=1S/C8H10ClNO3/c1-8-4(2-3-9)6(11)10-5(8)7(12)13-8/h4-5H,2-3H2,1H3,(H,10,11)/t4-,5-,8-/m0/s1. The van der Waals surface area contributed by atoms with Crippen molar-refractivity contribution in [3.63, 3.8) is 0 Å². The predicted octanol–water partition coefficient (Wildman–Crippen LogP) is 0.0454. The molecule has 2 heterocycles. The number of carbonyl (C=O) groups excluding carboxylic acids is 2. The van der Waals surface area contributed by atoms with Crippen LogP contribution in [0.2, 0.25) is 0 Å². The molecule has 13 heavy (non-hydrogen) atoms.